The molecule has 0 saturated heterocycles. The van der Waals surface area contributed by atoms with E-state index in [1.165, 1.54) is 25.3 Å². The van der Waals surface area contributed by atoms with Crippen LogP contribution in [0.15, 0.2) is 33.7 Å². The third-order valence-electron chi connectivity index (χ3n) is 2.63. The number of carbonyl (C=O) groups is 1. The monoisotopic (exact) mass is 343 g/mol. The minimum Gasteiger partial charge on any atom is -0.497 e. The normalized spacial score (nSPS) is 15.2. The van der Waals surface area contributed by atoms with Gasteiger partial charge in [-0.2, -0.15) is 26.3 Å². The summed E-state index contributed by atoms with van der Waals surface area (Å²) in [6, 6.07) is 3.81. The van der Waals surface area contributed by atoms with Gasteiger partial charge in [0.1, 0.15) is 11.4 Å². The predicted octanol–water partition coefficient (Wildman–Crippen LogP) is 4.12. The maximum atomic E-state index is 12.9. The number of allylic oxidation sites excluding steroid dienone is 2. The molecule has 1 aliphatic heterocycles. The first-order valence-electron chi connectivity index (χ1n) is 5.60. The molecule has 3 nitrogen and oxygen atoms in total. The summed E-state index contributed by atoms with van der Waals surface area (Å²) in [5.41, 5.74) is -1.78. The summed E-state index contributed by atoms with van der Waals surface area (Å²) in [5, 5.41) is 1.85. The molecule has 0 bridgehead atoms. The van der Waals surface area contributed by atoms with Crippen LogP contribution < -0.4 is 10.1 Å². The number of ether oxygens (including phenoxy) is 1. The van der Waals surface area contributed by atoms with Crippen molar-refractivity contribution >= 4 is 23.2 Å². The number of hydrogen-bond donors (Lipinski definition) is 1. The number of halogens is 6. The van der Waals surface area contributed by atoms with Crippen molar-refractivity contribution < 1.29 is 35.9 Å². The zero-order valence-electron chi connectivity index (χ0n) is 10.7. The topological polar surface area (TPSA) is 38.3 Å². The molecule has 0 saturated carbocycles. The van der Waals surface area contributed by atoms with Gasteiger partial charge in [0.05, 0.1) is 17.7 Å². The summed E-state index contributed by atoms with van der Waals surface area (Å²) < 4.78 is 81.1. The predicted molar refractivity (Wildman–Crippen MR) is 66.6 cm³/mol. The van der Waals surface area contributed by atoms with Crippen LogP contribution in [0, 0.1) is 0 Å². The minimum atomic E-state index is -5.41. The lowest BCUT2D eigenvalue weighted by molar-refractivity contribution is -0.166. The molecule has 1 aliphatic rings. The lowest BCUT2D eigenvalue weighted by Gasteiger charge is -2.25. The van der Waals surface area contributed by atoms with Crippen LogP contribution >= 0.6 is 11.8 Å². The number of benzene rings is 1. The summed E-state index contributed by atoms with van der Waals surface area (Å²) in [4.78, 5) is 9.85. The van der Waals surface area contributed by atoms with Crippen LogP contribution in [0.5, 0.6) is 5.75 Å². The molecule has 1 aromatic rings. The maximum absolute atomic E-state index is 12.9. The van der Waals surface area contributed by atoms with Crippen molar-refractivity contribution in [2.75, 3.05) is 12.4 Å². The molecule has 1 heterocycles. The Bertz CT molecular complexity index is 650. The largest absolute Gasteiger partial charge is 0.497 e. The number of thioether (sulfide) groups is 1. The number of carbonyl (C=O) groups excluding carboxylic acids is 1. The number of ketones is 1. The van der Waals surface area contributed by atoms with Gasteiger partial charge in [-0.05, 0) is 18.2 Å². The highest BCUT2D eigenvalue weighted by molar-refractivity contribution is 8.04. The molecule has 0 aromatic heterocycles. The van der Waals surface area contributed by atoms with Gasteiger partial charge < -0.3 is 10.1 Å². The van der Waals surface area contributed by atoms with E-state index in [0.717, 1.165) is 0 Å². The summed E-state index contributed by atoms with van der Waals surface area (Å²) >= 11 is 0.104. The van der Waals surface area contributed by atoms with Gasteiger partial charge in [0.25, 0.3) is 5.78 Å². The Labute approximate surface area is 124 Å². The number of Topliss-reactive ketones (excluding diaryl/α,β-unsaturated/α-hetero) is 1. The standard InChI is InChI=1S/C12H7F6NO2S/c1-21-5-2-3-6-7(4-5)22-8(10(20)12(16,17)18)9(19-6)11(13,14)15/h2-4,19H,1H3. The van der Waals surface area contributed by atoms with Crippen LogP contribution in [0.4, 0.5) is 32.0 Å². The smallest absolute Gasteiger partial charge is 0.455 e. The van der Waals surface area contributed by atoms with Crippen LogP contribution in [-0.4, -0.2) is 25.2 Å². The summed E-state index contributed by atoms with van der Waals surface area (Å²) in [5.74, 6) is -2.31. The van der Waals surface area contributed by atoms with Crippen LogP contribution in [-0.2, 0) is 4.79 Å². The second-order valence-electron chi connectivity index (χ2n) is 4.12. The third kappa shape index (κ3) is 3.16. The second kappa shape index (κ2) is 5.41. The lowest BCUT2D eigenvalue weighted by atomic mass is 10.2. The quantitative estimate of drug-likeness (QED) is 0.820. The SMILES string of the molecule is COc1ccc2c(c1)SC(C(=O)C(F)(F)F)=C(C(F)(F)F)N2. The first-order chi connectivity index (χ1) is 10.0. The number of fused-ring (bicyclic) bond motifs is 1. The van der Waals surface area contributed by atoms with E-state index in [2.05, 4.69) is 0 Å². The van der Waals surface area contributed by atoms with E-state index in [0.29, 0.717) is 0 Å². The number of hydrogen-bond acceptors (Lipinski definition) is 4. The molecule has 0 radical (unpaired) electrons. The van der Waals surface area contributed by atoms with Gasteiger partial charge in [-0.25, -0.2) is 0 Å². The molecule has 0 fully saturated rings. The summed E-state index contributed by atoms with van der Waals surface area (Å²) in [6.45, 7) is 0. The fourth-order valence-corrected chi connectivity index (χ4v) is 2.76. The summed E-state index contributed by atoms with van der Waals surface area (Å²) in [6.07, 6.45) is -10.5. The number of anilines is 1. The van der Waals surface area contributed by atoms with Crippen molar-refractivity contribution in [3.63, 3.8) is 0 Å². The van der Waals surface area contributed by atoms with E-state index in [9.17, 15) is 31.1 Å². The Morgan fingerprint density at radius 1 is 1.18 bits per heavy atom. The Morgan fingerprint density at radius 2 is 1.82 bits per heavy atom. The Morgan fingerprint density at radius 3 is 2.32 bits per heavy atom. The number of methoxy groups -OCH3 is 1. The van der Waals surface area contributed by atoms with Crippen molar-refractivity contribution in [1.29, 1.82) is 0 Å². The van der Waals surface area contributed by atoms with Crippen molar-refractivity contribution in [2.24, 2.45) is 0 Å². The lowest BCUT2D eigenvalue weighted by Crippen LogP contribution is -2.31. The number of nitrogens with one attached hydrogen (secondary N) is 1. The van der Waals surface area contributed by atoms with Gasteiger partial charge in [-0.15, -0.1) is 0 Å². The summed E-state index contributed by atoms with van der Waals surface area (Å²) in [7, 11) is 1.29. The highest BCUT2D eigenvalue weighted by Gasteiger charge is 2.48. The Hall–Kier alpha value is -1.84. The van der Waals surface area contributed by atoms with E-state index in [1.807, 2.05) is 5.32 Å². The van der Waals surface area contributed by atoms with E-state index >= 15 is 0 Å². The second-order valence-corrected chi connectivity index (χ2v) is 5.17. The van der Waals surface area contributed by atoms with Gasteiger partial charge in [0.15, 0.2) is 0 Å². The Balaban J connectivity index is 2.54. The molecule has 0 amide bonds. The first-order valence-corrected chi connectivity index (χ1v) is 6.41. The van der Waals surface area contributed by atoms with Crippen LogP contribution in [0.2, 0.25) is 0 Å². The van der Waals surface area contributed by atoms with E-state index in [4.69, 9.17) is 4.74 Å². The molecule has 120 valence electrons. The zero-order valence-corrected chi connectivity index (χ0v) is 11.5. The number of rotatable bonds is 2. The van der Waals surface area contributed by atoms with Gasteiger partial charge in [-0.1, -0.05) is 11.8 Å². The van der Waals surface area contributed by atoms with Crippen LogP contribution in [0.25, 0.3) is 0 Å². The molecular weight excluding hydrogens is 336 g/mol. The maximum Gasteiger partial charge on any atom is 0.455 e. The number of alkyl halides is 6. The Kier molecular flexibility index (Phi) is 4.07. The molecular formula is C12H7F6NO2S. The molecule has 0 unspecified atom stereocenters. The minimum absolute atomic E-state index is 0.0277. The average molecular weight is 343 g/mol. The van der Waals surface area contributed by atoms with Crippen molar-refractivity contribution in [3.8, 4) is 5.75 Å². The third-order valence-corrected chi connectivity index (χ3v) is 3.79. The van der Waals surface area contributed by atoms with Crippen molar-refractivity contribution in [1.82, 2.24) is 0 Å². The average Bonchev–Trinajstić information content (AvgIpc) is 2.42. The molecule has 0 aliphatic carbocycles. The molecule has 2 rings (SSSR count). The molecule has 10 heteroatoms. The molecule has 22 heavy (non-hydrogen) atoms. The van der Waals surface area contributed by atoms with Crippen LogP contribution in [0.3, 0.4) is 0 Å². The van der Waals surface area contributed by atoms with E-state index in [-0.39, 0.29) is 28.1 Å². The van der Waals surface area contributed by atoms with Crippen molar-refractivity contribution in [2.45, 2.75) is 17.2 Å². The van der Waals surface area contributed by atoms with Gasteiger partial charge >= 0.3 is 12.4 Å². The van der Waals surface area contributed by atoms with Gasteiger partial charge in [0.2, 0.25) is 0 Å². The zero-order chi connectivity index (χ0) is 16.7. The van der Waals surface area contributed by atoms with E-state index < -0.39 is 28.7 Å². The van der Waals surface area contributed by atoms with Gasteiger partial charge in [0, 0.05) is 4.90 Å². The molecule has 0 spiro atoms. The highest BCUT2D eigenvalue weighted by Crippen LogP contribution is 2.47. The van der Waals surface area contributed by atoms with Crippen molar-refractivity contribution in [3.05, 3.63) is 28.8 Å². The van der Waals surface area contributed by atoms with Gasteiger partial charge in [-0.3, -0.25) is 4.79 Å². The fourth-order valence-electron chi connectivity index (χ4n) is 1.66. The highest BCUT2D eigenvalue weighted by atomic mass is 32.2. The van der Waals surface area contributed by atoms with E-state index in [1.54, 1.807) is 0 Å². The molecule has 1 aromatic carbocycles. The molecule has 1 N–H and O–H groups in total. The fraction of sp³-hybridized carbons (Fsp3) is 0.250. The first kappa shape index (κ1) is 16.5. The van der Waals surface area contributed by atoms with Crippen LogP contribution in [0.1, 0.15) is 0 Å². The molecule has 0 atom stereocenters.